The highest BCUT2D eigenvalue weighted by atomic mass is 19.1. The molecule has 0 bridgehead atoms. The van der Waals surface area contributed by atoms with E-state index in [-0.39, 0.29) is 5.82 Å². The lowest BCUT2D eigenvalue weighted by Gasteiger charge is -2.11. The number of nitrogens with one attached hydrogen (secondary N) is 2. The summed E-state index contributed by atoms with van der Waals surface area (Å²) in [5.41, 5.74) is 4.55. The largest absolute Gasteiger partial charge is 0.361 e. The molecule has 7 nitrogen and oxygen atoms in total. The van der Waals surface area contributed by atoms with E-state index >= 15 is 0 Å². The maximum Gasteiger partial charge on any atom is 0.137 e. The molecule has 0 radical (unpaired) electrons. The van der Waals surface area contributed by atoms with Crippen LogP contribution in [0.25, 0.3) is 10.9 Å². The number of benzene rings is 2. The molecule has 5 rings (SSSR count). The highest BCUT2D eigenvalue weighted by molar-refractivity contribution is 5.83. The summed E-state index contributed by atoms with van der Waals surface area (Å²) in [5, 5.41) is 19.2. The third-order valence-electron chi connectivity index (χ3n) is 5.78. The molecule has 0 aliphatic rings. The lowest BCUT2D eigenvalue weighted by molar-refractivity contribution is 0.593. The Kier molecular flexibility index (Phi) is 5.68. The van der Waals surface area contributed by atoms with Gasteiger partial charge < -0.3 is 14.5 Å². The number of halogens is 1. The minimum Gasteiger partial charge on any atom is -0.361 e. The van der Waals surface area contributed by atoms with Crippen LogP contribution >= 0.6 is 0 Å². The SMILES string of the molecule is N#Cc1cccc(Cc2nnc(Cc3c[nH]c4cc(F)ccc34)n2CCCc2cnc[nH]2)c1. The van der Waals surface area contributed by atoms with Crippen LogP contribution in [0.5, 0.6) is 0 Å². The van der Waals surface area contributed by atoms with Gasteiger partial charge in [-0.25, -0.2) is 9.37 Å². The van der Waals surface area contributed by atoms with Gasteiger partial charge in [-0.1, -0.05) is 12.1 Å². The molecule has 0 unspecified atom stereocenters. The number of rotatable bonds is 8. The summed E-state index contributed by atoms with van der Waals surface area (Å²) >= 11 is 0. The Hall–Kier alpha value is -4.25. The van der Waals surface area contributed by atoms with E-state index in [0.717, 1.165) is 58.8 Å². The predicted molar refractivity (Wildman–Crippen MR) is 122 cm³/mol. The van der Waals surface area contributed by atoms with Crippen LogP contribution in [0.4, 0.5) is 4.39 Å². The number of aromatic nitrogens is 6. The molecule has 3 heterocycles. The molecule has 0 aliphatic carbocycles. The smallest absolute Gasteiger partial charge is 0.137 e. The highest BCUT2D eigenvalue weighted by Crippen LogP contribution is 2.22. The van der Waals surface area contributed by atoms with Crippen molar-refractivity contribution in [2.75, 3.05) is 0 Å². The minimum atomic E-state index is -0.264. The zero-order valence-electron chi connectivity index (χ0n) is 17.9. The van der Waals surface area contributed by atoms with Gasteiger partial charge in [-0.2, -0.15) is 5.26 Å². The first kappa shape index (κ1) is 20.6. The Morgan fingerprint density at radius 2 is 1.91 bits per heavy atom. The van der Waals surface area contributed by atoms with Crippen molar-refractivity contribution in [3.8, 4) is 6.07 Å². The summed E-state index contributed by atoms with van der Waals surface area (Å²) in [6.07, 6.45) is 8.38. The summed E-state index contributed by atoms with van der Waals surface area (Å²) in [4.78, 5) is 10.4. The average Bonchev–Trinajstić information content (AvgIpc) is 3.56. The number of H-pyrrole nitrogens is 2. The van der Waals surface area contributed by atoms with Crippen molar-refractivity contribution < 1.29 is 4.39 Å². The van der Waals surface area contributed by atoms with E-state index in [1.807, 2.05) is 30.6 Å². The van der Waals surface area contributed by atoms with E-state index in [0.29, 0.717) is 18.4 Å². The Morgan fingerprint density at radius 3 is 2.73 bits per heavy atom. The molecular weight excluding hydrogens is 417 g/mol. The average molecular weight is 439 g/mol. The third kappa shape index (κ3) is 4.53. The second-order valence-electron chi connectivity index (χ2n) is 8.03. The fourth-order valence-electron chi connectivity index (χ4n) is 4.15. The summed E-state index contributed by atoms with van der Waals surface area (Å²) in [6.45, 7) is 0.756. The molecule has 0 atom stereocenters. The van der Waals surface area contributed by atoms with E-state index in [4.69, 9.17) is 0 Å². The second kappa shape index (κ2) is 9.09. The first-order valence-corrected chi connectivity index (χ1v) is 10.8. The molecule has 0 saturated carbocycles. The maximum absolute atomic E-state index is 13.6. The van der Waals surface area contributed by atoms with Crippen molar-refractivity contribution in [2.45, 2.75) is 32.2 Å². The normalized spacial score (nSPS) is 11.2. The first-order chi connectivity index (χ1) is 16.2. The van der Waals surface area contributed by atoms with Crippen LogP contribution in [0.1, 0.15) is 40.5 Å². The van der Waals surface area contributed by atoms with Crippen molar-refractivity contribution in [2.24, 2.45) is 0 Å². The number of aromatic amines is 2. The van der Waals surface area contributed by atoms with Crippen LogP contribution in [0.2, 0.25) is 0 Å². The number of hydrogen-bond donors (Lipinski definition) is 2. The Bertz CT molecular complexity index is 1420. The Labute approximate surface area is 189 Å². The van der Waals surface area contributed by atoms with Crippen molar-refractivity contribution in [1.29, 1.82) is 5.26 Å². The van der Waals surface area contributed by atoms with Crippen molar-refractivity contribution in [1.82, 2.24) is 29.7 Å². The van der Waals surface area contributed by atoms with Crippen LogP contribution in [-0.2, 0) is 25.8 Å². The molecule has 0 spiro atoms. The molecule has 2 aromatic carbocycles. The molecule has 8 heteroatoms. The van der Waals surface area contributed by atoms with Crippen LogP contribution < -0.4 is 0 Å². The van der Waals surface area contributed by atoms with Gasteiger partial charge in [-0.05, 0) is 54.3 Å². The number of hydrogen-bond acceptors (Lipinski definition) is 4. The summed E-state index contributed by atoms with van der Waals surface area (Å²) < 4.78 is 15.7. The molecule has 164 valence electrons. The molecular formula is C25H22FN7. The number of imidazole rings is 1. The Morgan fingerprint density at radius 1 is 1.03 bits per heavy atom. The second-order valence-corrected chi connectivity index (χ2v) is 8.03. The summed E-state index contributed by atoms with van der Waals surface area (Å²) in [6, 6.07) is 14.5. The van der Waals surface area contributed by atoms with Crippen LogP contribution in [0.3, 0.4) is 0 Å². The van der Waals surface area contributed by atoms with Gasteiger partial charge in [0.05, 0.1) is 18.0 Å². The van der Waals surface area contributed by atoms with E-state index in [1.165, 1.54) is 12.1 Å². The van der Waals surface area contributed by atoms with E-state index in [1.54, 1.807) is 18.5 Å². The van der Waals surface area contributed by atoms with Gasteiger partial charge in [-0.3, -0.25) is 0 Å². The van der Waals surface area contributed by atoms with E-state index in [2.05, 4.69) is 35.8 Å². The Balaban J connectivity index is 1.43. The van der Waals surface area contributed by atoms with Gasteiger partial charge >= 0.3 is 0 Å². The van der Waals surface area contributed by atoms with Crippen molar-refractivity contribution in [3.05, 3.63) is 101 Å². The summed E-state index contributed by atoms with van der Waals surface area (Å²) in [5.74, 6) is 1.45. The predicted octanol–water partition coefficient (Wildman–Crippen LogP) is 4.31. The number of nitrogens with zero attached hydrogens (tertiary/aromatic N) is 5. The van der Waals surface area contributed by atoms with E-state index in [9.17, 15) is 9.65 Å². The molecule has 0 aliphatic heterocycles. The molecule has 33 heavy (non-hydrogen) atoms. The standard InChI is InChI=1S/C25H22FN7/c26-20-6-7-22-19(14-29-23(22)12-20)11-25-32-31-24(10-17-3-1-4-18(9-17)13-27)33(25)8-2-5-21-15-28-16-30-21/h1,3-4,6-7,9,12,14-16,29H,2,5,8,10-11H2,(H,28,30). The first-order valence-electron chi connectivity index (χ1n) is 10.8. The number of aryl methyl sites for hydroxylation is 1. The van der Waals surface area contributed by atoms with Gasteiger partial charge in [0.25, 0.3) is 0 Å². The number of fused-ring (bicyclic) bond motifs is 1. The monoisotopic (exact) mass is 439 g/mol. The van der Waals surface area contributed by atoms with Crippen LogP contribution in [0.15, 0.2) is 61.2 Å². The molecule has 0 amide bonds. The number of nitriles is 1. The van der Waals surface area contributed by atoms with Crippen molar-refractivity contribution in [3.63, 3.8) is 0 Å². The van der Waals surface area contributed by atoms with Crippen LogP contribution in [-0.4, -0.2) is 29.7 Å². The summed E-state index contributed by atoms with van der Waals surface area (Å²) in [7, 11) is 0. The van der Waals surface area contributed by atoms with Crippen molar-refractivity contribution >= 4 is 10.9 Å². The van der Waals surface area contributed by atoms with Crippen LogP contribution in [0, 0.1) is 17.1 Å². The quantitative estimate of drug-likeness (QED) is 0.376. The molecule has 5 aromatic rings. The third-order valence-corrected chi connectivity index (χ3v) is 5.78. The highest BCUT2D eigenvalue weighted by Gasteiger charge is 2.15. The molecule has 0 saturated heterocycles. The fraction of sp³-hybridized carbons (Fsp3) is 0.200. The minimum absolute atomic E-state index is 0.264. The lowest BCUT2D eigenvalue weighted by Crippen LogP contribution is -2.10. The van der Waals surface area contributed by atoms with Gasteiger partial charge in [-0.15, -0.1) is 10.2 Å². The van der Waals surface area contributed by atoms with Gasteiger partial charge in [0.15, 0.2) is 0 Å². The lowest BCUT2D eigenvalue weighted by atomic mass is 10.1. The van der Waals surface area contributed by atoms with Gasteiger partial charge in [0, 0.05) is 48.4 Å². The van der Waals surface area contributed by atoms with Gasteiger partial charge in [0.1, 0.15) is 17.5 Å². The maximum atomic E-state index is 13.6. The molecule has 3 aromatic heterocycles. The molecule has 2 N–H and O–H groups in total. The van der Waals surface area contributed by atoms with Gasteiger partial charge in [0.2, 0.25) is 0 Å². The van der Waals surface area contributed by atoms with E-state index < -0.39 is 0 Å². The zero-order valence-corrected chi connectivity index (χ0v) is 17.9. The zero-order chi connectivity index (χ0) is 22.6. The fourth-order valence-corrected chi connectivity index (χ4v) is 4.15. The molecule has 0 fully saturated rings. The topological polar surface area (TPSA) is 99.0 Å².